The van der Waals surface area contributed by atoms with E-state index in [9.17, 15) is 4.79 Å². The van der Waals surface area contributed by atoms with Crippen molar-refractivity contribution >= 4 is 13.1 Å². The molecule has 7 heteroatoms. The van der Waals surface area contributed by atoms with E-state index in [0.717, 1.165) is 6.54 Å². The first-order valence-corrected chi connectivity index (χ1v) is 5.02. The Morgan fingerprint density at radius 2 is 2.27 bits per heavy atom. The van der Waals surface area contributed by atoms with Crippen LogP contribution in [0.1, 0.15) is 6.42 Å². The number of aliphatic carboxylic acids is 1. The molecule has 0 aromatic heterocycles. The van der Waals surface area contributed by atoms with Crippen molar-refractivity contribution in [3.8, 4) is 0 Å². The van der Waals surface area contributed by atoms with Gasteiger partial charge in [-0.25, -0.2) is 0 Å². The third-order valence-electron chi connectivity index (χ3n) is 2.44. The zero-order chi connectivity index (χ0) is 11.3. The van der Waals surface area contributed by atoms with Gasteiger partial charge in [-0.1, -0.05) is 0 Å². The molecule has 0 aromatic carbocycles. The fraction of sp³-hybridized carbons (Fsp3) is 0.875. The molecule has 6 nitrogen and oxygen atoms in total. The molecule has 2 atom stereocenters. The van der Waals surface area contributed by atoms with Gasteiger partial charge in [0.05, 0.1) is 12.0 Å². The number of hydrogen-bond donors (Lipinski definition) is 4. The summed E-state index contributed by atoms with van der Waals surface area (Å²) < 4.78 is 5.33. The van der Waals surface area contributed by atoms with E-state index in [2.05, 4.69) is 5.32 Å². The lowest BCUT2D eigenvalue weighted by molar-refractivity contribution is -0.148. The third-order valence-corrected chi connectivity index (χ3v) is 2.44. The molecule has 0 radical (unpaired) electrons. The molecule has 1 rings (SSSR count). The van der Waals surface area contributed by atoms with E-state index < -0.39 is 19.0 Å². The van der Waals surface area contributed by atoms with Gasteiger partial charge in [0.25, 0.3) is 0 Å². The van der Waals surface area contributed by atoms with Crippen molar-refractivity contribution in [3.63, 3.8) is 0 Å². The van der Waals surface area contributed by atoms with Crippen molar-refractivity contribution in [2.45, 2.75) is 18.8 Å². The second kappa shape index (κ2) is 6.07. The molecule has 0 aromatic rings. The Bertz CT molecular complexity index is 213. The van der Waals surface area contributed by atoms with Crippen molar-refractivity contribution < 1.29 is 24.7 Å². The smallest absolute Gasteiger partial charge is 0.453 e. The number of hydrogen-bond acceptors (Lipinski definition) is 5. The average molecular weight is 217 g/mol. The largest absolute Gasteiger partial charge is 0.481 e. The molecule has 1 fully saturated rings. The van der Waals surface area contributed by atoms with E-state index in [0.29, 0.717) is 13.0 Å². The first-order chi connectivity index (χ1) is 7.11. The molecule has 0 amide bonds. The molecule has 4 N–H and O–H groups in total. The molecule has 86 valence electrons. The highest BCUT2D eigenvalue weighted by molar-refractivity contribution is 6.41. The second-order valence-corrected chi connectivity index (χ2v) is 3.62. The zero-order valence-electron chi connectivity index (χ0n) is 8.43. The maximum Gasteiger partial charge on any atom is 0.453 e. The molecule has 0 saturated carbocycles. The van der Waals surface area contributed by atoms with Crippen LogP contribution in [0, 0.1) is 5.92 Å². The number of carboxylic acid groups (broad SMARTS) is 1. The van der Waals surface area contributed by atoms with Crippen LogP contribution < -0.4 is 5.32 Å². The van der Waals surface area contributed by atoms with Crippen LogP contribution in [0.25, 0.3) is 0 Å². The fourth-order valence-electron chi connectivity index (χ4n) is 1.61. The summed E-state index contributed by atoms with van der Waals surface area (Å²) in [5.41, 5.74) is 0. The van der Waals surface area contributed by atoms with Gasteiger partial charge in [-0.2, -0.15) is 0 Å². The Balaban J connectivity index is 2.33. The van der Waals surface area contributed by atoms with Crippen molar-refractivity contribution in [2.24, 2.45) is 5.92 Å². The predicted octanol–water partition coefficient (Wildman–Crippen LogP) is -1.46. The van der Waals surface area contributed by atoms with Crippen LogP contribution >= 0.6 is 0 Å². The lowest BCUT2D eigenvalue weighted by Crippen LogP contribution is -2.45. The molecule has 0 aliphatic carbocycles. The van der Waals surface area contributed by atoms with Crippen LogP contribution in [0.2, 0.25) is 6.32 Å². The fourth-order valence-corrected chi connectivity index (χ4v) is 1.61. The highest BCUT2D eigenvalue weighted by Crippen LogP contribution is 2.15. The molecular weight excluding hydrogens is 201 g/mol. The number of carboxylic acids is 1. The Morgan fingerprint density at radius 1 is 1.53 bits per heavy atom. The van der Waals surface area contributed by atoms with Gasteiger partial charge in [-0.15, -0.1) is 0 Å². The first-order valence-electron chi connectivity index (χ1n) is 5.02. The van der Waals surface area contributed by atoms with Gasteiger partial charge < -0.3 is 25.2 Å². The molecule has 0 spiro atoms. The predicted molar refractivity (Wildman–Crippen MR) is 53.4 cm³/mol. The molecule has 0 bridgehead atoms. The van der Waals surface area contributed by atoms with Crippen LogP contribution in [0.5, 0.6) is 0 Å². The normalized spacial score (nSPS) is 26.3. The zero-order valence-corrected chi connectivity index (χ0v) is 8.43. The molecule has 1 aliphatic heterocycles. The summed E-state index contributed by atoms with van der Waals surface area (Å²) >= 11 is 0. The molecule has 1 saturated heterocycles. The quantitative estimate of drug-likeness (QED) is 0.420. The number of carbonyl (C=O) groups is 1. The summed E-state index contributed by atoms with van der Waals surface area (Å²) in [6.45, 7) is 1.31. The maximum atomic E-state index is 10.8. The highest BCUT2D eigenvalue weighted by Gasteiger charge is 2.31. The molecule has 2 unspecified atom stereocenters. The van der Waals surface area contributed by atoms with Gasteiger partial charge in [0.1, 0.15) is 0 Å². The number of piperidine rings is 1. The molecular formula is C8H16BNO5. The number of ether oxygens (including phenoxy) is 1. The van der Waals surface area contributed by atoms with E-state index in [1.165, 1.54) is 0 Å². The van der Waals surface area contributed by atoms with Gasteiger partial charge in [0.15, 0.2) is 0 Å². The maximum absolute atomic E-state index is 10.8. The van der Waals surface area contributed by atoms with Crippen molar-refractivity contribution in [1.82, 2.24) is 5.32 Å². The molecule has 1 heterocycles. The summed E-state index contributed by atoms with van der Waals surface area (Å²) in [7, 11) is -1.39. The van der Waals surface area contributed by atoms with Crippen LogP contribution in [0.15, 0.2) is 0 Å². The minimum absolute atomic E-state index is 0.107. The van der Waals surface area contributed by atoms with E-state index in [1.807, 2.05) is 0 Å². The summed E-state index contributed by atoms with van der Waals surface area (Å²) in [6.07, 6.45) is 0.414. The van der Waals surface area contributed by atoms with Crippen molar-refractivity contribution in [2.75, 3.05) is 19.7 Å². The Labute approximate surface area is 88.4 Å². The van der Waals surface area contributed by atoms with E-state index in [-0.39, 0.29) is 19.0 Å². The lowest BCUT2D eigenvalue weighted by atomic mass is 9.87. The van der Waals surface area contributed by atoms with Crippen LogP contribution in [0.3, 0.4) is 0 Å². The first kappa shape index (κ1) is 12.4. The van der Waals surface area contributed by atoms with Gasteiger partial charge in [0.2, 0.25) is 0 Å². The van der Waals surface area contributed by atoms with E-state index in [1.54, 1.807) is 0 Å². The van der Waals surface area contributed by atoms with Crippen molar-refractivity contribution in [3.05, 3.63) is 0 Å². The Hall–Kier alpha value is -0.625. The van der Waals surface area contributed by atoms with E-state index >= 15 is 0 Å². The molecule has 15 heavy (non-hydrogen) atoms. The minimum atomic E-state index is -1.39. The van der Waals surface area contributed by atoms with Gasteiger partial charge in [-0.05, 0) is 13.0 Å². The topological polar surface area (TPSA) is 99.0 Å². The van der Waals surface area contributed by atoms with Gasteiger partial charge in [-0.3, -0.25) is 4.79 Å². The number of nitrogens with one attached hydrogen (secondary N) is 1. The third kappa shape index (κ3) is 4.17. The summed E-state index contributed by atoms with van der Waals surface area (Å²) in [4.78, 5) is 10.8. The SMILES string of the molecule is O=C(O)C1CNCCC1OCCB(O)O. The van der Waals surface area contributed by atoms with Gasteiger partial charge >= 0.3 is 13.1 Å². The summed E-state index contributed by atoms with van der Waals surface area (Å²) in [6, 6.07) is 0. The second-order valence-electron chi connectivity index (χ2n) is 3.62. The van der Waals surface area contributed by atoms with Crippen LogP contribution in [-0.2, 0) is 9.53 Å². The van der Waals surface area contributed by atoms with Crippen LogP contribution in [-0.4, -0.2) is 54.0 Å². The summed E-state index contributed by atoms with van der Waals surface area (Å²) in [5, 5.41) is 29.1. The standard InChI is InChI=1S/C8H16BNO5/c11-8(12)6-5-10-3-1-7(6)15-4-2-9(13)14/h6-7,10,13-14H,1-5H2,(H,11,12). The van der Waals surface area contributed by atoms with Crippen LogP contribution in [0.4, 0.5) is 0 Å². The van der Waals surface area contributed by atoms with E-state index in [4.69, 9.17) is 19.9 Å². The summed E-state index contributed by atoms with van der Waals surface area (Å²) in [5.74, 6) is -1.42. The Kier molecular flexibility index (Phi) is 5.03. The van der Waals surface area contributed by atoms with Gasteiger partial charge in [0, 0.05) is 19.5 Å². The van der Waals surface area contributed by atoms with Crippen molar-refractivity contribution in [1.29, 1.82) is 0 Å². The minimum Gasteiger partial charge on any atom is -0.481 e. The highest BCUT2D eigenvalue weighted by atomic mass is 16.5. The number of rotatable bonds is 5. The Morgan fingerprint density at radius 3 is 2.87 bits per heavy atom. The average Bonchev–Trinajstić information content (AvgIpc) is 2.17. The molecule has 1 aliphatic rings. The monoisotopic (exact) mass is 217 g/mol. The lowest BCUT2D eigenvalue weighted by Gasteiger charge is -2.29.